The number of hydrogen-bond donors (Lipinski definition) is 0. The average molecular weight is 439 g/mol. The lowest BCUT2D eigenvalue weighted by molar-refractivity contribution is 0.0515. The summed E-state index contributed by atoms with van der Waals surface area (Å²) in [6.45, 7) is 2.01. The van der Waals surface area contributed by atoms with Crippen molar-refractivity contribution < 1.29 is 13.9 Å². The topological polar surface area (TPSA) is 44.1 Å². The standard InChI is InChI=1S/C12H9BrFIN2O2/c1-2-19-12(18)10-6-11(13)16-17(10)9-4-3-7(14)5-8(9)15/h3-6H,2H2,1H3. The Morgan fingerprint density at radius 2 is 2.26 bits per heavy atom. The van der Waals surface area contributed by atoms with Crippen LogP contribution in [0.15, 0.2) is 28.9 Å². The largest absolute Gasteiger partial charge is 0.461 e. The van der Waals surface area contributed by atoms with Crippen LogP contribution in [0, 0.1) is 9.39 Å². The van der Waals surface area contributed by atoms with Crippen molar-refractivity contribution in [2.24, 2.45) is 0 Å². The van der Waals surface area contributed by atoms with Crippen molar-refractivity contribution in [2.75, 3.05) is 6.61 Å². The molecular weight excluding hydrogens is 430 g/mol. The Morgan fingerprint density at radius 3 is 2.89 bits per heavy atom. The Kier molecular flexibility index (Phi) is 4.56. The van der Waals surface area contributed by atoms with Gasteiger partial charge in [0.15, 0.2) is 5.69 Å². The second-order valence-corrected chi connectivity index (χ2v) is 5.55. The van der Waals surface area contributed by atoms with Crippen LogP contribution in [0.25, 0.3) is 5.69 Å². The number of benzene rings is 1. The molecule has 0 aliphatic carbocycles. The molecule has 0 spiro atoms. The van der Waals surface area contributed by atoms with Gasteiger partial charge >= 0.3 is 5.97 Å². The van der Waals surface area contributed by atoms with Crippen LogP contribution in [0.2, 0.25) is 0 Å². The Hall–Kier alpha value is -0.960. The van der Waals surface area contributed by atoms with Gasteiger partial charge in [0.05, 0.1) is 12.3 Å². The molecule has 0 radical (unpaired) electrons. The van der Waals surface area contributed by atoms with Gasteiger partial charge in [-0.2, -0.15) is 5.10 Å². The smallest absolute Gasteiger partial charge is 0.357 e. The predicted octanol–water partition coefficient (Wildman–Crippen LogP) is 3.56. The number of halogens is 3. The van der Waals surface area contributed by atoms with E-state index in [0.717, 1.165) is 0 Å². The number of ether oxygens (including phenoxy) is 1. The summed E-state index contributed by atoms with van der Waals surface area (Å²) in [6.07, 6.45) is 0. The summed E-state index contributed by atoms with van der Waals surface area (Å²) in [7, 11) is 0. The van der Waals surface area contributed by atoms with E-state index < -0.39 is 5.97 Å². The van der Waals surface area contributed by atoms with E-state index in [-0.39, 0.29) is 12.4 Å². The molecular formula is C12H9BrFIN2O2. The zero-order valence-corrected chi connectivity index (χ0v) is 13.6. The molecule has 7 heteroatoms. The monoisotopic (exact) mass is 438 g/mol. The van der Waals surface area contributed by atoms with Crippen LogP contribution in [0.3, 0.4) is 0 Å². The number of carbonyl (C=O) groups is 1. The Bertz CT molecular complexity index is 630. The fourth-order valence-corrected chi connectivity index (χ4v) is 2.62. The van der Waals surface area contributed by atoms with Crippen molar-refractivity contribution in [3.8, 4) is 5.69 Å². The average Bonchev–Trinajstić information content (AvgIpc) is 2.71. The first kappa shape index (κ1) is 14.4. The highest BCUT2D eigenvalue weighted by Crippen LogP contribution is 2.22. The second kappa shape index (κ2) is 6.00. The third-order valence-corrected chi connectivity index (χ3v) is 3.55. The van der Waals surface area contributed by atoms with Gasteiger partial charge in [0, 0.05) is 9.64 Å². The van der Waals surface area contributed by atoms with Crippen LogP contribution in [0.1, 0.15) is 17.4 Å². The minimum absolute atomic E-state index is 0.280. The molecule has 0 aliphatic rings. The first-order valence-corrected chi connectivity index (χ1v) is 7.28. The van der Waals surface area contributed by atoms with E-state index in [2.05, 4.69) is 21.0 Å². The molecule has 1 heterocycles. The predicted molar refractivity (Wildman–Crippen MR) is 79.9 cm³/mol. The summed E-state index contributed by atoms with van der Waals surface area (Å²) < 4.78 is 20.7. The van der Waals surface area contributed by atoms with Gasteiger partial charge in [0.25, 0.3) is 0 Å². The van der Waals surface area contributed by atoms with Crippen molar-refractivity contribution in [3.05, 3.63) is 43.9 Å². The van der Waals surface area contributed by atoms with Gasteiger partial charge in [-0.1, -0.05) is 0 Å². The summed E-state index contributed by atoms with van der Waals surface area (Å²) in [5.74, 6) is -0.808. The molecule has 2 aromatic rings. The van der Waals surface area contributed by atoms with Gasteiger partial charge in [-0.25, -0.2) is 13.9 Å². The zero-order chi connectivity index (χ0) is 14.0. The van der Waals surface area contributed by atoms with Crippen LogP contribution < -0.4 is 0 Å². The highest BCUT2D eigenvalue weighted by Gasteiger charge is 2.18. The van der Waals surface area contributed by atoms with Crippen LogP contribution in [0.4, 0.5) is 4.39 Å². The lowest BCUT2D eigenvalue weighted by Crippen LogP contribution is -2.12. The van der Waals surface area contributed by atoms with E-state index >= 15 is 0 Å². The Morgan fingerprint density at radius 1 is 1.53 bits per heavy atom. The Balaban J connectivity index is 2.52. The first-order valence-electron chi connectivity index (χ1n) is 5.41. The molecule has 0 fully saturated rings. The highest BCUT2D eigenvalue weighted by molar-refractivity contribution is 14.1. The van der Waals surface area contributed by atoms with Crippen LogP contribution in [-0.2, 0) is 4.74 Å². The van der Waals surface area contributed by atoms with Gasteiger partial charge in [-0.15, -0.1) is 0 Å². The minimum atomic E-state index is -0.471. The molecule has 0 bridgehead atoms. The lowest BCUT2D eigenvalue weighted by Gasteiger charge is -2.08. The molecule has 0 saturated carbocycles. The van der Waals surface area contributed by atoms with E-state index in [9.17, 15) is 9.18 Å². The van der Waals surface area contributed by atoms with Gasteiger partial charge in [-0.3, -0.25) is 0 Å². The second-order valence-electron chi connectivity index (χ2n) is 3.58. The molecule has 0 saturated heterocycles. The summed E-state index contributed by atoms with van der Waals surface area (Å²) in [5.41, 5.74) is 0.911. The minimum Gasteiger partial charge on any atom is -0.461 e. The first-order chi connectivity index (χ1) is 9.02. The molecule has 0 unspecified atom stereocenters. The SMILES string of the molecule is CCOC(=O)c1cc(Br)nn1-c1ccc(F)cc1I. The van der Waals surface area contributed by atoms with Crippen LogP contribution in [-0.4, -0.2) is 22.4 Å². The van der Waals surface area contributed by atoms with E-state index in [0.29, 0.717) is 19.6 Å². The highest BCUT2D eigenvalue weighted by atomic mass is 127. The summed E-state index contributed by atoms with van der Waals surface area (Å²) in [5, 5.41) is 4.18. The number of carbonyl (C=O) groups excluding carboxylic acids is 1. The van der Waals surface area contributed by atoms with Gasteiger partial charge < -0.3 is 4.74 Å². The van der Waals surface area contributed by atoms with E-state index in [4.69, 9.17) is 4.74 Å². The van der Waals surface area contributed by atoms with E-state index in [1.54, 1.807) is 19.1 Å². The fraction of sp³-hybridized carbons (Fsp3) is 0.167. The number of aromatic nitrogens is 2. The third kappa shape index (κ3) is 3.14. The van der Waals surface area contributed by atoms with E-state index in [1.165, 1.54) is 16.8 Å². The molecule has 1 aromatic heterocycles. The number of rotatable bonds is 3. The molecule has 100 valence electrons. The molecule has 2 rings (SSSR count). The zero-order valence-electron chi connectivity index (χ0n) is 9.86. The molecule has 0 N–H and O–H groups in total. The van der Waals surface area contributed by atoms with E-state index in [1.807, 2.05) is 22.6 Å². The van der Waals surface area contributed by atoms with Crippen molar-refractivity contribution in [1.29, 1.82) is 0 Å². The molecule has 1 aromatic carbocycles. The quantitative estimate of drug-likeness (QED) is 0.543. The number of esters is 1. The number of nitrogens with zero attached hydrogens (tertiary/aromatic N) is 2. The maximum Gasteiger partial charge on any atom is 0.357 e. The Labute approximate surface area is 131 Å². The fourth-order valence-electron chi connectivity index (χ4n) is 1.54. The molecule has 0 aliphatic heterocycles. The van der Waals surface area contributed by atoms with Crippen molar-refractivity contribution >= 4 is 44.5 Å². The maximum absolute atomic E-state index is 13.1. The van der Waals surface area contributed by atoms with Crippen molar-refractivity contribution in [1.82, 2.24) is 9.78 Å². The van der Waals surface area contributed by atoms with Crippen molar-refractivity contribution in [2.45, 2.75) is 6.92 Å². The van der Waals surface area contributed by atoms with Crippen LogP contribution in [0.5, 0.6) is 0 Å². The molecule has 4 nitrogen and oxygen atoms in total. The van der Waals surface area contributed by atoms with Gasteiger partial charge in [0.1, 0.15) is 10.4 Å². The molecule has 0 amide bonds. The summed E-state index contributed by atoms with van der Waals surface area (Å²) >= 11 is 5.21. The molecule has 0 atom stereocenters. The normalized spacial score (nSPS) is 10.5. The lowest BCUT2D eigenvalue weighted by atomic mass is 10.3. The maximum atomic E-state index is 13.1. The third-order valence-electron chi connectivity index (χ3n) is 2.30. The van der Waals surface area contributed by atoms with Crippen molar-refractivity contribution in [3.63, 3.8) is 0 Å². The number of hydrogen-bond acceptors (Lipinski definition) is 3. The van der Waals surface area contributed by atoms with Crippen LogP contribution >= 0.6 is 38.5 Å². The summed E-state index contributed by atoms with van der Waals surface area (Å²) in [4.78, 5) is 11.8. The van der Waals surface area contributed by atoms with Gasteiger partial charge in [-0.05, 0) is 63.6 Å². The van der Waals surface area contributed by atoms with Gasteiger partial charge in [0.2, 0.25) is 0 Å². The molecule has 19 heavy (non-hydrogen) atoms. The summed E-state index contributed by atoms with van der Waals surface area (Å²) in [6, 6.07) is 5.83.